The van der Waals surface area contributed by atoms with Gasteiger partial charge in [0.15, 0.2) is 0 Å². The molecule has 1 heterocycles. The van der Waals surface area contributed by atoms with Crippen LogP contribution in [0.2, 0.25) is 5.02 Å². The summed E-state index contributed by atoms with van der Waals surface area (Å²) in [5.41, 5.74) is 0.403. The van der Waals surface area contributed by atoms with Crippen molar-refractivity contribution in [2.24, 2.45) is 5.41 Å². The van der Waals surface area contributed by atoms with Crippen LogP contribution in [0.1, 0.15) is 38.5 Å². The zero-order valence-electron chi connectivity index (χ0n) is 12.8. The fraction of sp³-hybridized carbons (Fsp3) is 0.471. The van der Waals surface area contributed by atoms with Gasteiger partial charge in [0.05, 0.1) is 0 Å². The van der Waals surface area contributed by atoms with E-state index >= 15 is 0 Å². The molecule has 1 aliphatic heterocycles. The van der Waals surface area contributed by atoms with Gasteiger partial charge in [0.25, 0.3) is 0 Å². The summed E-state index contributed by atoms with van der Waals surface area (Å²) in [6.07, 6.45) is 4.79. The van der Waals surface area contributed by atoms with Gasteiger partial charge in [-0.25, -0.2) is 0 Å². The van der Waals surface area contributed by atoms with Crippen LogP contribution >= 0.6 is 11.6 Å². The summed E-state index contributed by atoms with van der Waals surface area (Å²) in [5.74, 6) is -0.856. The molecular formula is C17H19ClN2O3. The van der Waals surface area contributed by atoms with Gasteiger partial charge in [-0.05, 0) is 36.5 Å². The first-order chi connectivity index (χ1) is 11.0. The number of nitrogens with one attached hydrogen (secondary N) is 1. The fourth-order valence-electron chi connectivity index (χ4n) is 3.60. The van der Waals surface area contributed by atoms with Crippen LogP contribution in [0, 0.1) is 5.41 Å². The lowest BCUT2D eigenvalue weighted by molar-refractivity contribution is -0.155. The third-order valence-electron chi connectivity index (χ3n) is 4.73. The lowest BCUT2D eigenvalue weighted by Crippen LogP contribution is -2.49. The number of amides is 3. The lowest BCUT2D eigenvalue weighted by atomic mass is 9.76. The number of rotatable bonds is 3. The van der Waals surface area contributed by atoms with Crippen LogP contribution in [0.25, 0.3) is 0 Å². The monoisotopic (exact) mass is 334 g/mol. The number of carbonyl (C=O) groups excluding carboxylic acids is 3. The molecule has 0 bridgehead atoms. The summed E-state index contributed by atoms with van der Waals surface area (Å²) < 4.78 is 0. The van der Waals surface area contributed by atoms with Crippen LogP contribution in [0.15, 0.2) is 24.3 Å². The topological polar surface area (TPSA) is 66.5 Å². The first-order valence-electron chi connectivity index (χ1n) is 7.86. The van der Waals surface area contributed by atoms with Gasteiger partial charge in [-0.3, -0.25) is 19.3 Å². The summed E-state index contributed by atoms with van der Waals surface area (Å²) in [7, 11) is 0. The number of carbonyl (C=O) groups is 3. The minimum Gasteiger partial charge on any atom is -0.324 e. The Balaban J connectivity index is 1.62. The molecule has 1 saturated carbocycles. The van der Waals surface area contributed by atoms with Crippen LogP contribution in [0.4, 0.5) is 5.69 Å². The molecule has 0 aromatic heterocycles. The zero-order chi connectivity index (χ0) is 16.4. The van der Waals surface area contributed by atoms with Crippen molar-refractivity contribution < 1.29 is 14.4 Å². The first kappa shape index (κ1) is 16.0. The van der Waals surface area contributed by atoms with Gasteiger partial charge in [0.2, 0.25) is 17.7 Å². The number of likely N-dealkylation sites (tertiary alicyclic amines) is 1. The van der Waals surface area contributed by atoms with Gasteiger partial charge in [0.1, 0.15) is 6.54 Å². The molecule has 1 aromatic carbocycles. The minimum absolute atomic E-state index is 0.145. The maximum absolute atomic E-state index is 12.3. The molecule has 0 atom stereocenters. The second kappa shape index (κ2) is 6.32. The van der Waals surface area contributed by atoms with Crippen molar-refractivity contribution in [2.45, 2.75) is 38.5 Å². The van der Waals surface area contributed by atoms with Crippen LogP contribution in [0.5, 0.6) is 0 Å². The van der Waals surface area contributed by atoms with Crippen LogP contribution in [-0.2, 0) is 14.4 Å². The zero-order valence-corrected chi connectivity index (χ0v) is 13.6. The predicted molar refractivity (Wildman–Crippen MR) is 86.9 cm³/mol. The van der Waals surface area contributed by atoms with Crippen molar-refractivity contribution in [3.63, 3.8) is 0 Å². The van der Waals surface area contributed by atoms with Crippen LogP contribution < -0.4 is 5.32 Å². The number of benzene rings is 1. The number of halogens is 1. The highest BCUT2D eigenvalue weighted by atomic mass is 35.5. The van der Waals surface area contributed by atoms with Gasteiger partial charge >= 0.3 is 0 Å². The Bertz CT molecular complexity index is 633. The number of anilines is 1. The van der Waals surface area contributed by atoms with Crippen molar-refractivity contribution in [1.29, 1.82) is 0 Å². The maximum atomic E-state index is 12.3. The molecule has 0 radical (unpaired) electrons. The van der Waals surface area contributed by atoms with Crippen molar-refractivity contribution >= 4 is 35.0 Å². The highest BCUT2D eigenvalue weighted by Crippen LogP contribution is 2.46. The smallest absolute Gasteiger partial charge is 0.244 e. The maximum Gasteiger partial charge on any atom is 0.244 e. The summed E-state index contributed by atoms with van der Waals surface area (Å²) in [5, 5.41) is 3.17. The summed E-state index contributed by atoms with van der Waals surface area (Å²) in [6.45, 7) is -0.236. The van der Waals surface area contributed by atoms with Crippen molar-refractivity contribution in [3.05, 3.63) is 29.3 Å². The molecule has 122 valence electrons. The van der Waals surface area contributed by atoms with E-state index in [1.54, 1.807) is 24.3 Å². The number of hydrogen-bond donors (Lipinski definition) is 1. The molecule has 1 aromatic rings. The average Bonchev–Trinajstić information content (AvgIpc) is 2.91. The Morgan fingerprint density at radius 2 is 1.83 bits per heavy atom. The molecule has 1 aliphatic carbocycles. The Kier molecular flexibility index (Phi) is 4.39. The van der Waals surface area contributed by atoms with E-state index < -0.39 is 5.91 Å². The average molecular weight is 335 g/mol. The van der Waals surface area contributed by atoms with Crippen LogP contribution in [-0.4, -0.2) is 29.2 Å². The molecule has 0 unspecified atom stereocenters. The van der Waals surface area contributed by atoms with Crippen molar-refractivity contribution in [3.8, 4) is 0 Å². The highest BCUT2D eigenvalue weighted by Gasteiger charge is 2.45. The SMILES string of the molecule is O=C(CN1C(=O)CC2(CCCC2)CC1=O)Nc1cccc(Cl)c1. The second-order valence-corrected chi connectivity index (χ2v) is 6.93. The molecule has 5 nitrogen and oxygen atoms in total. The lowest BCUT2D eigenvalue weighted by Gasteiger charge is -2.36. The van der Waals surface area contributed by atoms with Gasteiger partial charge < -0.3 is 5.32 Å². The molecule has 6 heteroatoms. The molecule has 23 heavy (non-hydrogen) atoms. The molecule has 2 fully saturated rings. The van der Waals surface area contributed by atoms with E-state index in [1.165, 1.54) is 0 Å². The molecule has 1 N–H and O–H groups in total. The third-order valence-corrected chi connectivity index (χ3v) is 4.96. The molecule has 1 saturated heterocycles. The minimum atomic E-state index is -0.392. The second-order valence-electron chi connectivity index (χ2n) is 6.49. The predicted octanol–water partition coefficient (Wildman–Crippen LogP) is 2.99. The normalized spacial score (nSPS) is 20.1. The van der Waals surface area contributed by atoms with E-state index in [1.807, 2.05) is 0 Å². The standard InChI is InChI=1S/C17H19ClN2O3/c18-12-4-3-5-13(8-12)19-14(21)11-20-15(22)9-17(10-16(20)23)6-1-2-7-17/h3-5,8H,1-2,6-7,9-11H2,(H,19,21). The summed E-state index contributed by atoms with van der Waals surface area (Å²) in [6, 6.07) is 6.75. The van der Waals surface area contributed by atoms with Gasteiger partial charge in [-0.2, -0.15) is 0 Å². The molecule has 2 aliphatic rings. The van der Waals surface area contributed by atoms with E-state index in [-0.39, 0.29) is 23.8 Å². The Hall–Kier alpha value is -1.88. The quantitative estimate of drug-likeness (QED) is 0.864. The molecule has 3 rings (SSSR count). The van der Waals surface area contributed by atoms with E-state index in [0.717, 1.165) is 30.6 Å². The van der Waals surface area contributed by atoms with Gasteiger partial charge in [-0.15, -0.1) is 0 Å². The van der Waals surface area contributed by atoms with E-state index in [0.29, 0.717) is 23.6 Å². The number of nitrogens with zero attached hydrogens (tertiary/aromatic N) is 1. The molecule has 3 amide bonds. The first-order valence-corrected chi connectivity index (χ1v) is 8.24. The number of hydrogen-bond acceptors (Lipinski definition) is 3. The van der Waals surface area contributed by atoms with Gasteiger partial charge in [0, 0.05) is 23.6 Å². The van der Waals surface area contributed by atoms with Gasteiger partial charge in [-0.1, -0.05) is 30.5 Å². The third kappa shape index (κ3) is 3.55. The number of imide groups is 1. The fourth-order valence-corrected chi connectivity index (χ4v) is 3.79. The largest absolute Gasteiger partial charge is 0.324 e. The van der Waals surface area contributed by atoms with Crippen molar-refractivity contribution in [1.82, 2.24) is 4.90 Å². The van der Waals surface area contributed by atoms with E-state index in [2.05, 4.69) is 5.32 Å². The van der Waals surface area contributed by atoms with Crippen LogP contribution in [0.3, 0.4) is 0 Å². The molecule has 1 spiro atoms. The Morgan fingerprint density at radius 3 is 2.43 bits per heavy atom. The molecular weight excluding hydrogens is 316 g/mol. The highest BCUT2D eigenvalue weighted by molar-refractivity contribution is 6.30. The van der Waals surface area contributed by atoms with E-state index in [9.17, 15) is 14.4 Å². The Morgan fingerprint density at radius 1 is 1.17 bits per heavy atom. The number of piperidine rings is 1. The Labute approximate surface area is 140 Å². The summed E-state index contributed by atoms with van der Waals surface area (Å²) >= 11 is 5.87. The van der Waals surface area contributed by atoms with E-state index in [4.69, 9.17) is 11.6 Å². The summed E-state index contributed by atoms with van der Waals surface area (Å²) in [4.78, 5) is 37.8. The van der Waals surface area contributed by atoms with Crippen molar-refractivity contribution in [2.75, 3.05) is 11.9 Å².